The van der Waals surface area contributed by atoms with Crippen LogP contribution in [0.1, 0.15) is 50.7 Å². The van der Waals surface area contributed by atoms with Gasteiger partial charge in [0.1, 0.15) is 0 Å². The summed E-state index contributed by atoms with van der Waals surface area (Å²) in [6, 6.07) is 22.1. The molecule has 2 aliphatic heterocycles. The van der Waals surface area contributed by atoms with E-state index in [2.05, 4.69) is 85.0 Å². The molecule has 2 heterocycles. The second-order valence-corrected chi connectivity index (χ2v) is 9.39. The van der Waals surface area contributed by atoms with Gasteiger partial charge < -0.3 is 19.8 Å². The monoisotopic (exact) mass is 432 g/mol. The normalized spacial score (nSPS) is 25.6. The van der Waals surface area contributed by atoms with Crippen molar-refractivity contribution < 1.29 is 9.31 Å². The highest BCUT2D eigenvalue weighted by Gasteiger charge is 2.48. The van der Waals surface area contributed by atoms with Crippen LogP contribution in [0.3, 0.4) is 0 Å². The summed E-state index contributed by atoms with van der Waals surface area (Å²) in [6.45, 7) is 4.48. The molecule has 0 radical (unpaired) electrons. The van der Waals surface area contributed by atoms with Crippen LogP contribution in [0.25, 0.3) is 0 Å². The molecule has 6 heteroatoms. The van der Waals surface area contributed by atoms with Crippen LogP contribution >= 0.6 is 0 Å². The highest BCUT2D eigenvalue weighted by molar-refractivity contribution is 6.50. The van der Waals surface area contributed by atoms with Crippen molar-refractivity contribution in [1.29, 1.82) is 0 Å². The molecule has 0 bridgehead atoms. The summed E-state index contributed by atoms with van der Waals surface area (Å²) in [5.41, 5.74) is 2.70. The van der Waals surface area contributed by atoms with Gasteiger partial charge in [-0.15, -0.1) is 0 Å². The van der Waals surface area contributed by atoms with Crippen LogP contribution in [0.15, 0.2) is 60.7 Å². The van der Waals surface area contributed by atoms with E-state index in [1.165, 1.54) is 36.8 Å². The van der Waals surface area contributed by atoms with E-state index < -0.39 is 0 Å². The minimum atomic E-state index is 0.0462. The third-order valence-corrected chi connectivity index (χ3v) is 6.80. The minimum Gasteiger partial charge on any atom is -0.414 e. The first-order valence-corrected chi connectivity index (χ1v) is 12.7. The van der Waals surface area contributed by atoms with Gasteiger partial charge in [-0.1, -0.05) is 100 Å². The van der Waals surface area contributed by atoms with E-state index in [0.717, 1.165) is 25.5 Å². The van der Waals surface area contributed by atoms with E-state index in [1.54, 1.807) is 0 Å². The van der Waals surface area contributed by atoms with E-state index >= 15 is 0 Å². The summed E-state index contributed by atoms with van der Waals surface area (Å²) in [7, 11) is 0.230. The fourth-order valence-electron chi connectivity index (χ4n) is 5.10. The van der Waals surface area contributed by atoms with Crippen molar-refractivity contribution in [2.75, 3.05) is 0 Å². The number of unbranched alkanes of at least 4 members (excludes halogenated alkanes) is 2. The Morgan fingerprint density at radius 3 is 1.44 bits per heavy atom. The number of benzene rings is 2. The van der Waals surface area contributed by atoms with Crippen molar-refractivity contribution in [2.24, 2.45) is 0 Å². The molecule has 170 valence electrons. The zero-order chi connectivity index (χ0) is 22.2. The van der Waals surface area contributed by atoms with Gasteiger partial charge in [-0.2, -0.15) is 0 Å². The van der Waals surface area contributed by atoms with Crippen LogP contribution in [-0.4, -0.2) is 38.4 Å². The third-order valence-electron chi connectivity index (χ3n) is 6.80. The van der Waals surface area contributed by atoms with Gasteiger partial charge in [0.15, 0.2) is 0 Å². The molecule has 2 fully saturated rings. The predicted octanol–water partition coefficient (Wildman–Crippen LogP) is 4.76. The second kappa shape index (κ2) is 12.0. The second-order valence-electron chi connectivity index (χ2n) is 9.39. The van der Waals surface area contributed by atoms with E-state index in [1.807, 2.05) is 0 Å². The van der Waals surface area contributed by atoms with Crippen LogP contribution in [0, 0.1) is 0 Å². The summed E-state index contributed by atoms with van der Waals surface area (Å²) in [4.78, 5) is 0. The molecule has 2 aromatic carbocycles. The van der Waals surface area contributed by atoms with Gasteiger partial charge in [-0.25, -0.2) is 0 Å². The quantitative estimate of drug-likeness (QED) is 0.503. The summed E-state index contributed by atoms with van der Waals surface area (Å²) in [5, 5.41) is 7.63. The topological polar surface area (TPSA) is 42.5 Å². The molecule has 32 heavy (non-hydrogen) atoms. The summed E-state index contributed by atoms with van der Waals surface area (Å²) in [6.07, 6.45) is 8.87. The molecular formula is C26H38B2N2O2. The van der Waals surface area contributed by atoms with E-state index in [4.69, 9.17) is 9.31 Å². The Kier molecular flexibility index (Phi) is 8.86. The van der Waals surface area contributed by atoms with Gasteiger partial charge in [0.2, 0.25) is 0 Å². The maximum Gasteiger partial charge on any atom is 0.380 e. The molecule has 0 saturated carbocycles. The van der Waals surface area contributed by atoms with Crippen LogP contribution in [0.5, 0.6) is 0 Å². The van der Waals surface area contributed by atoms with E-state index in [-0.39, 0.29) is 38.4 Å². The van der Waals surface area contributed by atoms with Crippen LogP contribution in [0.2, 0.25) is 12.6 Å². The molecule has 4 rings (SSSR count). The molecule has 2 saturated heterocycles. The Labute approximate surface area is 195 Å². The molecule has 0 aliphatic carbocycles. The molecule has 2 aromatic rings. The summed E-state index contributed by atoms with van der Waals surface area (Å²) < 4.78 is 13.4. The molecule has 2 aliphatic rings. The summed E-state index contributed by atoms with van der Waals surface area (Å²) >= 11 is 0. The Morgan fingerprint density at radius 1 is 0.656 bits per heavy atom. The lowest BCUT2D eigenvalue weighted by Crippen LogP contribution is -2.47. The number of nitrogens with one attached hydrogen (secondary N) is 2. The molecule has 4 nitrogen and oxygen atoms in total. The SMILES string of the molecule is CCCCB1N[C@H](Cc2ccccc2)[C@@H]([C@H]2OB(CCCC)N[C@@H]2Cc2ccccc2)O1. The highest BCUT2D eigenvalue weighted by atomic mass is 16.5. The molecule has 0 aromatic heterocycles. The first kappa shape index (κ1) is 23.6. The van der Waals surface area contributed by atoms with Gasteiger partial charge in [-0.05, 0) is 36.6 Å². The number of rotatable bonds is 11. The third kappa shape index (κ3) is 6.26. The van der Waals surface area contributed by atoms with Crippen molar-refractivity contribution >= 4 is 14.1 Å². The smallest absolute Gasteiger partial charge is 0.380 e. The Hall–Kier alpha value is -1.59. The molecule has 4 atom stereocenters. The molecule has 2 N–H and O–H groups in total. The van der Waals surface area contributed by atoms with Crippen LogP contribution in [-0.2, 0) is 22.2 Å². The maximum absolute atomic E-state index is 6.68. The van der Waals surface area contributed by atoms with Gasteiger partial charge in [0.05, 0.1) is 12.2 Å². The van der Waals surface area contributed by atoms with Crippen molar-refractivity contribution in [3.8, 4) is 0 Å². The fourth-order valence-corrected chi connectivity index (χ4v) is 5.10. The molecule has 0 amide bonds. The van der Waals surface area contributed by atoms with Crippen molar-refractivity contribution in [1.82, 2.24) is 10.5 Å². The Balaban J connectivity index is 1.52. The van der Waals surface area contributed by atoms with Crippen LogP contribution in [0.4, 0.5) is 0 Å². The molecular weight excluding hydrogens is 394 g/mol. The van der Waals surface area contributed by atoms with E-state index in [9.17, 15) is 0 Å². The first-order chi connectivity index (χ1) is 15.8. The van der Waals surface area contributed by atoms with Crippen molar-refractivity contribution in [3.05, 3.63) is 71.8 Å². The summed E-state index contributed by atoms with van der Waals surface area (Å²) in [5.74, 6) is 0. The predicted molar refractivity (Wildman–Crippen MR) is 135 cm³/mol. The van der Waals surface area contributed by atoms with Gasteiger partial charge in [-0.3, -0.25) is 0 Å². The Bertz CT molecular complexity index is 727. The van der Waals surface area contributed by atoms with Gasteiger partial charge in [0.25, 0.3) is 0 Å². The average Bonchev–Trinajstić information content (AvgIpc) is 3.41. The molecule has 0 unspecified atom stereocenters. The average molecular weight is 432 g/mol. The Morgan fingerprint density at radius 2 is 1.06 bits per heavy atom. The van der Waals surface area contributed by atoms with Crippen LogP contribution < -0.4 is 10.5 Å². The highest BCUT2D eigenvalue weighted by Crippen LogP contribution is 2.29. The standard InChI is InChI=1S/C26H38B2N2O2/c1-3-5-17-27-29-23(19-21-13-9-7-10-14-21)25(31-27)26-24(20-22-15-11-8-12-16-22)30-28(32-26)18-6-4-2/h7-16,23-26,29-30H,3-6,17-20H2,1-2H3/t23-,24-,25+,26+/m1/s1. The first-order valence-electron chi connectivity index (χ1n) is 12.7. The lowest BCUT2D eigenvalue weighted by Gasteiger charge is -2.29. The fraction of sp³-hybridized carbons (Fsp3) is 0.538. The lowest BCUT2D eigenvalue weighted by atomic mass is 9.77. The maximum atomic E-state index is 6.68. The van der Waals surface area contributed by atoms with Crippen molar-refractivity contribution in [2.45, 2.75) is 89.3 Å². The van der Waals surface area contributed by atoms with Gasteiger partial charge in [0, 0.05) is 12.1 Å². The minimum absolute atomic E-state index is 0.0462. The lowest BCUT2D eigenvalue weighted by molar-refractivity contribution is 0.0535. The number of hydrogen-bond donors (Lipinski definition) is 2. The van der Waals surface area contributed by atoms with Crippen molar-refractivity contribution in [3.63, 3.8) is 0 Å². The van der Waals surface area contributed by atoms with E-state index in [0.29, 0.717) is 0 Å². The number of hydrogen-bond acceptors (Lipinski definition) is 4. The largest absolute Gasteiger partial charge is 0.414 e. The van der Waals surface area contributed by atoms with Gasteiger partial charge >= 0.3 is 14.1 Å². The molecule has 0 spiro atoms. The zero-order valence-electron chi connectivity index (χ0n) is 19.7. The zero-order valence-corrected chi connectivity index (χ0v) is 19.7.